The third-order valence-electron chi connectivity index (χ3n) is 3.48. The summed E-state index contributed by atoms with van der Waals surface area (Å²) in [6.45, 7) is 2.79. The van der Waals surface area contributed by atoms with E-state index in [0.29, 0.717) is 34.9 Å². The van der Waals surface area contributed by atoms with Crippen LogP contribution in [-0.4, -0.2) is 29.7 Å². The fourth-order valence-corrected chi connectivity index (χ4v) is 2.30. The van der Waals surface area contributed by atoms with Crippen molar-refractivity contribution < 1.29 is 4.74 Å². The number of aromatic nitrogens is 2. The third kappa shape index (κ3) is 4.03. The lowest BCUT2D eigenvalue weighted by Crippen LogP contribution is -2.23. The van der Waals surface area contributed by atoms with E-state index >= 15 is 0 Å². The molecule has 0 saturated heterocycles. The van der Waals surface area contributed by atoms with Crippen LogP contribution in [0.3, 0.4) is 0 Å². The first-order chi connectivity index (χ1) is 10.2. The molecule has 2 aromatic rings. The van der Waals surface area contributed by atoms with Crippen molar-refractivity contribution in [2.45, 2.75) is 19.4 Å². The molecule has 0 amide bonds. The van der Waals surface area contributed by atoms with Crippen molar-refractivity contribution in [3.8, 4) is 0 Å². The van der Waals surface area contributed by atoms with E-state index in [-0.39, 0.29) is 5.56 Å². The van der Waals surface area contributed by atoms with Gasteiger partial charge in [-0.2, -0.15) is 0 Å². The number of hydrogen-bond donors (Lipinski definition) is 2. The number of nitrogens with one attached hydrogen (secondary N) is 2. The van der Waals surface area contributed by atoms with E-state index in [1.807, 2.05) is 0 Å². The van der Waals surface area contributed by atoms with Gasteiger partial charge in [0.25, 0.3) is 5.56 Å². The predicted octanol–water partition coefficient (Wildman–Crippen LogP) is 2.09. The molecular weight excluding hydrogens is 290 g/mol. The summed E-state index contributed by atoms with van der Waals surface area (Å²) in [4.78, 5) is 19.1. The van der Waals surface area contributed by atoms with Crippen LogP contribution in [-0.2, 0) is 11.3 Å². The monoisotopic (exact) mass is 307 g/mol. The summed E-state index contributed by atoms with van der Waals surface area (Å²) in [5.74, 6) is 1.39. The topological polar surface area (TPSA) is 67.0 Å². The number of benzene rings is 1. The maximum Gasteiger partial charge on any atom is 0.258 e. The van der Waals surface area contributed by atoms with Gasteiger partial charge >= 0.3 is 0 Å². The van der Waals surface area contributed by atoms with E-state index in [4.69, 9.17) is 16.3 Å². The Morgan fingerprint density at radius 1 is 1.43 bits per heavy atom. The first kappa shape index (κ1) is 14.5. The molecule has 0 unspecified atom stereocenters. The van der Waals surface area contributed by atoms with Crippen LogP contribution in [0, 0.1) is 5.92 Å². The van der Waals surface area contributed by atoms with E-state index in [9.17, 15) is 4.79 Å². The van der Waals surface area contributed by atoms with Gasteiger partial charge in [0.05, 0.1) is 24.1 Å². The van der Waals surface area contributed by atoms with E-state index in [2.05, 4.69) is 15.3 Å². The van der Waals surface area contributed by atoms with Crippen LogP contribution >= 0.6 is 11.6 Å². The summed E-state index contributed by atoms with van der Waals surface area (Å²) in [7, 11) is 0. The summed E-state index contributed by atoms with van der Waals surface area (Å²) in [5.41, 5.74) is 0.478. The smallest absolute Gasteiger partial charge is 0.258 e. The van der Waals surface area contributed by atoms with E-state index in [0.717, 1.165) is 19.1 Å². The zero-order chi connectivity index (χ0) is 14.7. The van der Waals surface area contributed by atoms with Gasteiger partial charge in [-0.3, -0.25) is 4.79 Å². The molecule has 1 heterocycles. The minimum atomic E-state index is -0.140. The minimum absolute atomic E-state index is 0.140. The summed E-state index contributed by atoms with van der Waals surface area (Å²) >= 11 is 5.93. The Morgan fingerprint density at radius 2 is 2.29 bits per heavy atom. The Labute approximate surface area is 127 Å². The average molecular weight is 308 g/mol. The second-order valence-electron chi connectivity index (χ2n) is 5.37. The van der Waals surface area contributed by atoms with Gasteiger partial charge in [-0.15, -0.1) is 0 Å². The molecule has 1 fully saturated rings. The molecule has 5 nitrogen and oxygen atoms in total. The van der Waals surface area contributed by atoms with Crippen molar-refractivity contribution >= 4 is 22.5 Å². The zero-order valence-electron chi connectivity index (χ0n) is 11.7. The number of rotatable bonds is 7. The summed E-state index contributed by atoms with van der Waals surface area (Å²) in [5, 5.41) is 4.34. The van der Waals surface area contributed by atoms with Gasteiger partial charge in [0.15, 0.2) is 0 Å². The number of fused-ring (bicyclic) bond motifs is 1. The highest BCUT2D eigenvalue weighted by Crippen LogP contribution is 2.28. The molecule has 0 atom stereocenters. The van der Waals surface area contributed by atoms with Crippen LogP contribution in [0.4, 0.5) is 0 Å². The summed E-state index contributed by atoms with van der Waals surface area (Å²) in [6, 6.07) is 5.08. The molecule has 1 aromatic heterocycles. The lowest BCUT2D eigenvalue weighted by molar-refractivity contribution is 0.126. The standard InChI is InChI=1S/C15H18ClN3O2/c16-11-3-4-12-13(7-11)18-14(19-15(12)20)8-17-5-6-21-9-10-1-2-10/h3-4,7,10,17H,1-2,5-6,8-9H2,(H,18,19,20). The second-order valence-corrected chi connectivity index (χ2v) is 5.81. The largest absolute Gasteiger partial charge is 0.380 e. The molecule has 0 bridgehead atoms. The van der Waals surface area contributed by atoms with Gasteiger partial charge in [0.2, 0.25) is 0 Å². The number of nitrogens with zero attached hydrogens (tertiary/aromatic N) is 1. The van der Waals surface area contributed by atoms with Crippen LogP contribution in [0.1, 0.15) is 18.7 Å². The van der Waals surface area contributed by atoms with Crippen LogP contribution in [0.5, 0.6) is 0 Å². The molecule has 3 rings (SSSR count). The van der Waals surface area contributed by atoms with Gasteiger partial charge < -0.3 is 15.0 Å². The van der Waals surface area contributed by atoms with Gasteiger partial charge in [-0.05, 0) is 37.0 Å². The highest BCUT2D eigenvalue weighted by atomic mass is 35.5. The van der Waals surface area contributed by atoms with Crippen molar-refractivity contribution in [1.82, 2.24) is 15.3 Å². The quantitative estimate of drug-likeness (QED) is 0.769. The molecule has 2 N–H and O–H groups in total. The lowest BCUT2D eigenvalue weighted by atomic mass is 10.2. The highest BCUT2D eigenvalue weighted by Gasteiger charge is 2.20. The van der Waals surface area contributed by atoms with Crippen molar-refractivity contribution in [2.75, 3.05) is 19.8 Å². The van der Waals surface area contributed by atoms with Crippen molar-refractivity contribution in [3.05, 3.63) is 39.4 Å². The molecule has 0 radical (unpaired) electrons. The van der Waals surface area contributed by atoms with Gasteiger partial charge in [-0.1, -0.05) is 11.6 Å². The third-order valence-corrected chi connectivity index (χ3v) is 3.72. The molecular formula is C15H18ClN3O2. The van der Waals surface area contributed by atoms with Crippen LogP contribution < -0.4 is 10.9 Å². The molecule has 1 aliphatic rings. The van der Waals surface area contributed by atoms with Crippen LogP contribution in [0.25, 0.3) is 10.9 Å². The van der Waals surface area contributed by atoms with Crippen molar-refractivity contribution in [1.29, 1.82) is 0 Å². The average Bonchev–Trinajstić information content (AvgIpc) is 3.26. The molecule has 1 aromatic carbocycles. The fraction of sp³-hybridized carbons (Fsp3) is 0.467. The Balaban J connectivity index is 1.54. The van der Waals surface area contributed by atoms with E-state index in [1.54, 1.807) is 18.2 Å². The van der Waals surface area contributed by atoms with E-state index < -0.39 is 0 Å². The molecule has 0 spiro atoms. The Morgan fingerprint density at radius 3 is 3.10 bits per heavy atom. The van der Waals surface area contributed by atoms with Gasteiger partial charge in [0, 0.05) is 18.2 Å². The minimum Gasteiger partial charge on any atom is -0.380 e. The molecule has 21 heavy (non-hydrogen) atoms. The zero-order valence-corrected chi connectivity index (χ0v) is 12.4. The molecule has 6 heteroatoms. The predicted molar refractivity (Wildman–Crippen MR) is 82.6 cm³/mol. The summed E-state index contributed by atoms with van der Waals surface area (Å²) in [6.07, 6.45) is 2.61. The SMILES string of the molecule is O=c1[nH]c(CNCCOCC2CC2)nc2cc(Cl)ccc12. The maximum atomic E-state index is 11.9. The number of hydrogen-bond acceptors (Lipinski definition) is 4. The molecule has 112 valence electrons. The fourth-order valence-electron chi connectivity index (χ4n) is 2.13. The number of H-pyrrole nitrogens is 1. The first-order valence-electron chi connectivity index (χ1n) is 7.19. The van der Waals surface area contributed by atoms with Gasteiger partial charge in [-0.25, -0.2) is 4.98 Å². The van der Waals surface area contributed by atoms with Crippen molar-refractivity contribution in [2.24, 2.45) is 5.92 Å². The maximum absolute atomic E-state index is 11.9. The Hall–Kier alpha value is -1.43. The first-order valence-corrected chi connectivity index (χ1v) is 7.57. The number of halogens is 1. The highest BCUT2D eigenvalue weighted by molar-refractivity contribution is 6.31. The molecule has 1 saturated carbocycles. The van der Waals surface area contributed by atoms with E-state index in [1.165, 1.54) is 12.8 Å². The Kier molecular flexibility index (Phi) is 4.53. The normalized spacial score (nSPS) is 14.7. The van der Waals surface area contributed by atoms with Crippen LogP contribution in [0.2, 0.25) is 5.02 Å². The number of ether oxygens (including phenoxy) is 1. The summed E-state index contributed by atoms with van der Waals surface area (Å²) < 4.78 is 5.53. The lowest BCUT2D eigenvalue weighted by Gasteiger charge is -2.06. The van der Waals surface area contributed by atoms with Crippen molar-refractivity contribution in [3.63, 3.8) is 0 Å². The Bertz CT molecular complexity index is 682. The number of aromatic amines is 1. The second kappa shape index (κ2) is 6.56. The van der Waals surface area contributed by atoms with Gasteiger partial charge in [0.1, 0.15) is 5.82 Å². The van der Waals surface area contributed by atoms with Crippen LogP contribution in [0.15, 0.2) is 23.0 Å². The molecule has 0 aliphatic heterocycles. The molecule has 1 aliphatic carbocycles.